The Bertz CT molecular complexity index is 1060. The van der Waals surface area contributed by atoms with Crippen molar-refractivity contribution in [2.24, 2.45) is 5.73 Å². The Morgan fingerprint density at radius 1 is 1.10 bits per heavy atom. The molecule has 2 amide bonds. The second-order valence-corrected chi connectivity index (χ2v) is 6.39. The lowest BCUT2D eigenvalue weighted by molar-refractivity contribution is -0.115. The number of pyridine rings is 2. The van der Waals surface area contributed by atoms with Crippen molar-refractivity contribution in [3.63, 3.8) is 0 Å². The molecule has 3 rings (SSSR count). The molecule has 2 aromatic heterocycles. The maximum Gasteiger partial charge on any atom is 0.252 e. The van der Waals surface area contributed by atoms with Crippen LogP contribution in [0.4, 0.5) is 27.3 Å². The summed E-state index contributed by atoms with van der Waals surface area (Å²) < 4.78 is 13.3. The summed E-state index contributed by atoms with van der Waals surface area (Å²) >= 11 is 0. The quantitative estimate of drug-likeness (QED) is 0.424. The molecule has 0 radical (unpaired) electrons. The van der Waals surface area contributed by atoms with E-state index in [0.717, 1.165) is 5.69 Å². The third-order valence-electron chi connectivity index (χ3n) is 4.16. The van der Waals surface area contributed by atoms with Gasteiger partial charge in [0.2, 0.25) is 11.9 Å². The van der Waals surface area contributed by atoms with E-state index in [9.17, 15) is 14.0 Å². The van der Waals surface area contributed by atoms with Gasteiger partial charge in [0.15, 0.2) is 0 Å². The number of aromatic nitrogens is 2. The molecular formula is C21H21FN6O2. The first-order valence-corrected chi connectivity index (χ1v) is 9.26. The Morgan fingerprint density at radius 3 is 2.50 bits per heavy atom. The van der Waals surface area contributed by atoms with Gasteiger partial charge in [0.1, 0.15) is 5.82 Å². The molecule has 0 unspecified atom stereocenters. The number of nitrogens with two attached hydrogens (primary N) is 1. The molecular weight excluding hydrogens is 387 g/mol. The molecule has 0 saturated carbocycles. The van der Waals surface area contributed by atoms with Gasteiger partial charge in [0, 0.05) is 30.1 Å². The van der Waals surface area contributed by atoms with E-state index in [0.29, 0.717) is 29.3 Å². The fourth-order valence-corrected chi connectivity index (χ4v) is 2.64. The van der Waals surface area contributed by atoms with Crippen molar-refractivity contribution in [1.82, 2.24) is 9.97 Å². The topological polar surface area (TPSA) is 122 Å². The molecule has 0 atom stereocenters. The van der Waals surface area contributed by atoms with Gasteiger partial charge in [-0.2, -0.15) is 4.39 Å². The predicted octanol–water partition coefficient (Wildman–Crippen LogP) is 3.42. The molecule has 9 heteroatoms. The minimum absolute atomic E-state index is 0.0667. The van der Waals surface area contributed by atoms with E-state index in [2.05, 4.69) is 25.9 Å². The fraction of sp³-hybridized carbons (Fsp3) is 0.143. The van der Waals surface area contributed by atoms with Gasteiger partial charge in [-0.25, -0.2) is 9.97 Å². The minimum atomic E-state index is -0.639. The molecule has 1 aromatic carbocycles. The average molecular weight is 408 g/mol. The molecule has 8 nitrogen and oxygen atoms in total. The third-order valence-corrected chi connectivity index (χ3v) is 4.16. The van der Waals surface area contributed by atoms with Gasteiger partial charge in [0.05, 0.1) is 23.5 Å². The fourth-order valence-electron chi connectivity index (χ4n) is 2.64. The first kappa shape index (κ1) is 20.7. The lowest BCUT2D eigenvalue weighted by atomic mass is 10.2. The Morgan fingerprint density at radius 2 is 1.83 bits per heavy atom. The van der Waals surface area contributed by atoms with E-state index >= 15 is 0 Å². The summed E-state index contributed by atoms with van der Waals surface area (Å²) in [5.41, 5.74) is 7.97. The SMILES string of the molecule is CCC(=O)Nc1ccc(Nc2cc(NCc3cccc(F)n3)c(C(N)=O)cn2)cc1. The van der Waals surface area contributed by atoms with Gasteiger partial charge in [-0.15, -0.1) is 0 Å². The Labute approximate surface area is 172 Å². The molecule has 0 saturated heterocycles. The zero-order valence-electron chi connectivity index (χ0n) is 16.3. The van der Waals surface area contributed by atoms with Gasteiger partial charge >= 0.3 is 0 Å². The van der Waals surface area contributed by atoms with Crippen molar-refractivity contribution in [2.45, 2.75) is 19.9 Å². The molecule has 0 fully saturated rings. The molecule has 154 valence electrons. The Kier molecular flexibility index (Phi) is 6.53. The van der Waals surface area contributed by atoms with Crippen LogP contribution in [0.3, 0.4) is 0 Å². The smallest absolute Gasteiger partial charge is 0.252 e. The molecule has 5 N–H and O–H groups in total. The summed E-state index contributed by atoms with van der Waals surface area (Å²) in [6.45, 7) is 1.98. The minimum Gasteiger partial charge on any atom is -0.379 e. The van der Waals surface area contributed by atoms with Crippen molar-refractivity contribution in [3.8, 4) is 0 Å². The van der Waals surface area contributed by atoms with Gasteiger partial charge < -0.3 is 21.7 Å². The number of carbonyl (C=O) groups excluding carboxylic acids is 2. The first-order valence-electron chi connectivity index (χ1n) is 9.26. The maximum absolute atomic E-state index is 13.3. The second kappa shape index (κ2) is 9.46. The zero-order valence-corrected chi connectivity index (χ0v) is 16.3. The number of amides is 2. The number of halogens is 1. The number of hydrogen-bond donors (Lipinski definition) is 4. The van der Waals surface area contributed by atoms with E-state index in [1.807, 2.05) is 0 Å². The molecule has 3 aromatic rings. The van der Waals surface area contributed by atoms with Crippen LogP contribution in [0.15, 0.2) is 54.7 Å². The normalized spacial score (nSPS) is 10.3. The highest BCUT2D eigenvalue weighted by Gasteiger charge is 2.11. The zero-order chi connectivity index (χ0) is 21.5. The number of carbonyl (C=O) groups is 2. The average Bonchev–Trinajstić information content (AvgIpc) is 2.73. The summed E-state index contributed by atoms with van der Waals surface area (Å²) in [7, 11) is 0. The highest BCUT2D eigenvalue weighted by Crippen LogP contribution is 2.23. The number of benzene rings is 1. The molecule has 2 heterocycles. The monoisotopic (exact) mass is 408 g/mol. The van der Waals surface area contributed by atoms with Crippen molar-refractivity contribution in [3.05, 3.63) is 71.9 Å². The molecule has 0 aliphatic rings. The van der Waals surface area contributed by atoms with Gasteiger partial charge in [0.25, 0.3) is 5.91 Å². The largest absolute Gasteiger partial charge is 0.379 e. The number of primary amides is 1. The van der Waals surface area contributed by atoms with Crippen molar-refractivity contribution < 1.29 is 14.0 Å². The Hall–Kier alpha value is -4.01. The van der Waals surface area contributed by atoms with Crippen LogP contribution in [0.2, 0.25) is 0 Å². The number of hydrogen-bond acceptors (Lipinski definition) is 6. The summed E-state index contributed by atoms with van der Waals surface area (Å²) in [6, 6.07) is 13.2. The third kappa shape index (κ3) is 5.51. The highest BCUT2D eigenvalue weighted by atomic mass is 19.1. The molecule has 0 spiro atoms. The molecule has 0 bridgehead atoms. The standard InChI is InChI=1S/C21H21FN6O2/c1-2-20(29)28-14-8-6-13(7-9-14)27-19-10-17(16(12-25-19)21(23)30)24-11-15-4-3-5-18(22)26-15/h3-10,12H,2,11H2,1H3,(H2,23,30)(H,28,29)(H2,24,25,27). The second-order valence-electron chi connectivity index (χ2n) is 6.39. The lowest BCUT2D eigenvalue weighted by Gasteiger charge is -2.13. The number of nitrogens with zero attached hydrogens (tertiary/aromatic N) is 2. The lowest BCUT2D eigenvalue weighted by Crippen LogP contribution is -2.15. The summed E-state index contributed by atoms with van der Waals surface area (Å²) in [6.07, 6.45) is 1.76. The van der Waals surface area contributed by atoms with Crippen molar-refractivity contribution >= 4 is 34.7 Å². The number of nitrogens with one attached hydrogen (secondary N) is 3. The Balaban J connectivity index is 1.74. The van der Waals surface area contributed by atoms with Gasteiger partial charge in [-0.3, -0.25) is 9.59 Å². The van der Waals surface area contributed by atoms with Crippen LogP contribution in [-0.2, 0) is 11.3 Å². The van der Waals surface area contributed by atoms with Crippen molar-refractivity contribution in [1.29, 1.82) is 0 Å². The number of rotatable bonds is 8. The van der Waals surface area contributed by atoms with Crippen LogP contribution in [0.1, 0.15) is 29.4 Å². The van der Waals surface area contributed by atoms with Crippen LogP contribution in [-0.4, -0.2) is 21.8 Å². The van der Waals surface area contributed by atoms with Crippen LogP contribution in [0, 0.1) is 5.95 Å². The van der Waals surface area contributed by atoms with Crippen LogP contribution in [0.25, 0.3) is 0 Å². The molecule has 0 aliphatic carbocycles. The van der Waals surface area contributed by atoms with E-state index < -0.39 is 11.9 Å². The number of anilines is 4. The first-order chi connectivity index (χ1) is 14.4. The highest BCUT2D eigenvalue weighted by molar-refractivity contribution is 5.98. The van der Waals surface area contributed by atoms with E-state index in [-0.39, 0.29) is 18.0 Å². The van der Waals surface area contributed by atoms with Crippen LogP contribution >= 0.6 is 0 Å². The van der Waals surface area contributed by atoms with Crippen molar-refractivity contribution in [2.75, 3.05) is 16.0 Å². The summed E-state index contributed by atoms with van der Waals surface area (Å²) in [5, 5.41) is 8.94. The summed E-state index contributed by atoms with van der Waals surface area (Å²) in [4.78, 5) is 31.2. The van der Waals surface area contributed by atoms with E-state index in [1.54, 1.807) is 49.4 Å². The predicted molar refractivity (Wildman–Crippen MR) is 113 cm³/mol. The van der Waals surface area contributed by atoms with E-state index in [1.165, 1.54) is 12.3 Å². The molecule has 0 aliphatic heterocycles. The van der Waals surface area contributed by atoms with Gasteiger partial charge in [-0.1, -0.05) is 13.0 Å². The maximum atomic E-state index is 13.3. The van der Waals surface area contributed by atoms with Crippen LogP contribution < -0.4 is 21.7 Å². The molecule has 30 heavy (non-hydrogen) atoms. The van der Waals surface area contributed by atoms with Crippen LogP contribution in [0.5, 0.6) is 0 Å². The van der Waals surface area contributed by atoms with Gasteiger partial charge in [-0.05, 0) is 36.4 Å². The summed E-state index contributed by atoms with van der Waals surface area (Å²) in [5.74, 6) is -0.817. The van der Waals surface area contributed by atoms with E-state index in [4.69, 9.17) is 5.73 Å².